The zero-order valence-electron chi connectivity index (χ0n) is 35.9. The number of benzene rings is 9. The molecule has 0 bridgehead atoms. The van der Waals surface area contributed by atoms with Crippen LogP contribution in [-0.4, -0.2) is 143 Å². The van der Waals surface area contributed by atoms with Crippen molar-refractivity contribution in [3.63, 3.8) is 0 Å². The highest BCUT2D eigenvalue weighted by Gasteiger charge is 2.41. The second-order valence-corrected chi connectivity index (χ2v) is 16.5. The van der Waals surface area contributed by atoms with E-state index in [1.54, 1.807) is 0 Å². The number of hydrogen-bond acceptors (Lipinski definition) is 29. The van der Waals surface area contributed by atoms with Crippen molar-refractivity contribution in [3.8, 4) is 194 Å². The van der Waals surface area contributed by atoms with Crippen LogP contribution >= 0.6 is 0 Å². The molecule has 9 aromatic carbocycles. The van der Waals surface area contributed by atoms with E-state index < -0.39 is 259 Å². The third-order valence-electron chi connectivity index (χ3n) is 12.9. The first kappa shape index (κ1) is 46.9. The minimum absolute atomic E-state index is 0.984. The lowest BCUT2D eigenvalue weighted by atomic mass is 9.80. The average molecular weight is 1040 g/mol. The number of phenols is 28. The zero-order valence-corrected chi connectivity index (χ0v) is 35.9. The van der Waals surface area contributed by atoms with Crippen LogP contribution in [0.1, 0.15) is 0 Å². The van der Waals surface area contributed by atoms with Gasteiger partial charge in [0.1, 0.15) is 17.2 Å². The second kappa shape index (κ2) is 14.4. The molecular formula is C46H28O29. The highest BCUT2D eigenvalue weighted by atomic mass is 16.4. The van der Waals surface area contributed by atoms with Gasteiger partial charge >= 0.3 is 0 Å². The van der Waals surface area contributed by atoms with Gasteiger partial charge in [-0.15, -0.1) is 0 Å². The van der Waals surface area contributed by atoms with Crippen molar-refractivity contribution in [1.29, 1.82) is 0 Å². The number of fused-ring (bicyclic) bond motifs is 8. The van der Waals surface area contributed by atoms with Gasteiger partial charge in [0, 0.05) is 54.4 Å². The van der Waals surface area contributed by atoms with Crippen molar-refractivity contribution in [3.05, 3.63) is 0 Å². The minimum Gasteiger partial charge on any atom is -0.506 e. The summed E-state index contributed by atoms with van der Waals surface area (Å²) in [6.45, 7) is 0. The molecule has 0 radical (unpaired) electrons. The highest BCUT2D eigenvalue weighted by Crippen LogP contribution is 2.70. The first-order chi connectivity index (χ1) is 35.0. The molecule has 29 heteroatoms. The molecule has 0 aliphatic rings. The quantitative estimate of drug-likeness (QED) is 0.0631. The van der Waals surface area contributed by atoms with Gasteiger partial charge in [-0.05, 0) is 0 Å². The summed E-state index contributed by atoms with van der Waals surface area (Å²) in [7, 11) is 0. The van der Waals surface area contributed by atoms with Crippen LogP contribution in [0.3, 0.4) is 0 Å². The van der Waals surface area contributed by atoms with E-state index in [0.717, 1.165) is 0 Å². The maximum absolute atomic E-state index is 12.5. The molecule has 1 heterocycles. The predicted octanol–water partition coefficient (Wildman–Crippen LogP) is 4.96. The summed E-state index contributed by atoms with van der Waals surface area (Å²) in [4.78, 5) is 0. The Morgan fingerprint density at radius 1 is 0.120 bits per heavy atom. The first-order valence-corrected chi connectivity index (χ1v) is 20.2. The van der Waals surface area contributed by atoms with Gasteiger partial charge < -0.3 is 147 Å². The van der Waals surface area contributed by atoms with Gasteiger partial charge in [-0.3, -0.25) is 0 Å². The molecular weight excluding hydrogens is 1020 g/mol. The molecule has 29 nitrogen and oxygen atoms in total. The SMILES string of the molecule is Oc1c(O)c(O)c(-c2c(O)c(-c3c4c(O)c(O)c(O)c(O)c4c(-c4c(O)c(O)c5oc6c(O)c(O)c7c(O)c(O)c(O)c(O)c7c6c5c4O)c4c(O)c(O)c(O)c(O)c34)c3c(O)c(O)c(O)c(O)c3c2O)c(O)c1O. The summed E-state index contributed by atoms with van der Waals surface area (Å²) in [5.74, 6) is -48.0. The van der Waals surface area contributed by atoms with E-state index in [4.69, 9.17) is 4.42 Å². The Balaban J connectivity index is 1.57. The summed E-state index contributed by atoms with van der Waals surface area (Å²) in [5, 5.41) is 302. The van der Waals surface area contributed by atoms with Crippen LogP contribution in [0.25, 0.3) is 98.4 Å². The van der Waals surface area contributed by atoms with E-state index in [1.165, 1.54) is 0 Å². The predicted molar refractivity (Wildman–Crippen MR) is 247 cm³/mol. The smallest absolute Gasteiger partial charge is 0.208 e. The van der Waals surface area contributed by atoms with Gasteiger partial charge in [0.2, 0.25) is 74.7 Å². The molecule has 0 atom stereocenters. The maximum atomic E-state index is 12.5. The normalized spacial score (nSPS) is 11.9. The van der Waals surface area contributed by atoms with Crippen LogP contribution in [0, 0.1) is 0 Å². The lowest BCUT2D eigenvalue weighted by molar-refractivity contribution is 0.329. The Morgan fingerprint density at radius 2 is 0.333 bits per heavy atom. The molecule has 0 amide bonds. The lowest BCUT2D eigenvalue weighted by Crippen LogP contribution is -1.98. The largest absolute Gasteiger partial charge is 0.506 e. The third-order valence-corrected chi connectivity index (χ3v) is 12.9. The average Bonchev–Trinajstić information content (AvgIpc) is 3.79. The topological polar surface area (TPSA) is 580 Å². The van der Waals surface area contributed by atoms with Crippen molar-refractivity contribution in [1.82, 2.24) is 0 Å². The van der Waals surface area contributed by atoms with Gasteiger partial charge in [-0.1, -0.05) is 0 Å². The molecule has 0 saturated heterocycles. The van der Waals surface area contributed by atoms with E-state index in [2.05, 4.69) is 0 Å². The van der Waals surface area contributed by atoms with E-state index in [0.29, 0.717) is 0 Å². The zero-order chi connectivity index (χ0) is 55.3. The summed E-state index contributed by atoms with van der Waals surface area (Å²) in [6.07, 6.45) is 0. The Hall–Kier alpha value is -11.8. The van der Waals surface area contributed by atoms with Gasteiger partial charge in [0.05, 0.1) is 32.8 Å². The molecule has 0 unspecified atom stereocenters. The Morgan fingerprint density at radius 3 is 0.733 bits per heavy atom. The van der Waals surface area contributed by atoms with E-state index in [-0.39, 0.29) is 0 Å². The van der Waals surface area contributed by atoms with Crippen LogP contribution < -0.4 is 0 Å². The fraction of sp³-hybridized carbons (Fsp3) is 0. The maximum Gasteiger partial charge on any atom is 0.208 e. The van der Waals surface area contributed by atoms with Crippen LogP contribution in [0.4, 0.5) is 0 Å². The van der Waals surface area contributed by atoms with Crippen LogP contribution in [0.5, 0.6) is 161 Å². The Kier molecular flexibility index (Phi) is 9.01. The molecule has 0 aliphatic heterocycles. The number of rotatable bonds is 3. The van der Waals surface area contributed by atoms with E-state index in [9.17, 15) is 143 Å². The van der Waals surface area contributed by atoms with Gasteiger partial charge in [-0.25, -0.2) is 0 Å². The molecule has 10 aromatic rings. The number of furan rings is 1. The Bertz CT molecular complexity index is 4330. The van der Waals surface area contributed by atoms with Crippen molar-refractivity contribution < 1.29 is 147 Å². The molecule has 0 fully saturated rings. The fourth-order valence-electron chi connectivity index (χ4n) is 9.50. The molecule has 0 spiro atoms. The van der Waals surface area contributed by atoms with Crippen LogP contribution in [0.2, 0.25) is 0 Å². The number of hydrogen-bond donors (Lipinski definition) is 28. The van der Waals surface area contributed by atoms with Crippen molar-refractivity contribution in [2.45, 2.75) is 0 Å². The summed E-state index contributed by atoms with van der Waals surface area (Å²) < 4.78 is 5.46. The highest BCUT2D eigenvalue weighted by molar-refractivity contribution is 6.35. The van der Waals surface area contributed by atoms with Gasteiger partial charge in [0.25, 0.3) is 0 Å². The van der Waals surface area contributed by atoms with Crippen molar-refractivity contribution in [2.24, 2.45) is 0 Å². The van der Waals surface area contributed by atoms with E-state index >= 15 is 0 Å². The molecule has 1 aromatic heterocycles. The van der Waals surface area contributed by atoms with Crippen molar-refractivity contribution >= 4 is 65.0 Å². The Labute approximate surface area is 406 Å². The molecule has 28 N–H and O–H groups in total. The third kappa shape index (κ3) is 5.20. The molecule has 0 saturated carbocycles. The minimum atomic E-state index is -1.90. The van der Waals surface area contributed by atoms with E-state index in [1.807, 2.05) is 0 Å². The summed E-state index contributed by atoms with van der Waals surface area (Å²) in [6, 6.07) is 0. The molecule has 386 valence electrons. The van der Waals surface area contributed by atoms with Gasteiger partial charge in [-0.2, -0.15) is 0 Å². The monoisotopic (exact) mass is 1040 g/mol. The lowest BCUT2D eigenvalue weighted by Gasteiger charge is -2.26. The second-order valence-electron chi connectivity index (χ2n) is 16.5. The van der Waals surface area contributed by atoms with Crippen molar-refractivity contribution in [2.75, 3.05) is 0 Å². The van der Waals surface area contributed by atoms with Crippen LogP contribution in [-0.2, 0) is 0 Å². The first-order valence-electron chi connectivity index (χ1n) is 20.2. The van der Waals surface area contributed by atoms with Gasteiger partial charge in [0.15, 0.2) is 80.2 Å². The number of aromatic hydroxyl groups is 28. The fourth-order valence-corrected chi connectivity index (χ4v) is 9.50. The standard InChI is InChI=1S/C46H28O29/c47-17-3(8-12(26(56)38(68)36(66)24(8)54)18(48)14(17)15-28(58)40(70)42(72)41(71)29(15)59)1-4-6(22(52)34(64)32(62)20(4)50)2(7-5(1)21(51)33(63)35(65)23(7)53)11-19(49)16-10-9-13(27(57)39(69)37(67)25(9)55)31(61)43(73)45(10)75-46(16)44(74)30(11)60/h47-74H. The summed E-state index contributed by atoms with van der Waals surface area (Å²) in [5.41, 5.74) is -11.5. The number of phenolic OH excluding ortho intramolecular Hbond substituents is 28. The molecule has 75 heavy (non-hydrogen) atoms. The van der Waals surface area contributed by atoms with Crippen LogP contribution in [0.15, 0.2) is 4.42 Å². The molecule has 10 rings (SSSR count). The molecule has 0 aliphatic carbocycles. The summed E-state index contributed by atoms with van der Waals surface area (Å²) >= 11 is 0.